The van der Waals surface area contributed by atoms with Gasteiger partial charge in [0, 0.05) is 39.1 Å². The lowest BCUT2D eigenvalue weighted by Gasteiger charge is -2.35. The first kappa shape index (κ1) is 25.7. The van der Waals surface area contributed by atoms with E-state index in [4.69, 9.17) is 4.74 Å². The van der Waals surface area contributed by atoms with Gasteiger partial charge in [-0.3, -0.25) is 14.7 Å². The monoisotopic (exact) mass is 543 g/mol. The number of hydrogen-bond donors (Lipinski definition) is 2. The van der Waals surface area contributed by atoms with Gasteiger partial charge in [-0.25, -0.2) is 0 Å². The Morgan fingerprint density at radius 3 is 2.52 bits per heavy atom. The number of likely N-dealkylation sites (tertiary alicyclic amines) is 2. The largest absolute Gasteiger partial charge is 0.497 e. The van der Waals surface area contributed by atoms with Gasteiger partial charge in [0.1, 0.15) is 5.75 Å². The third-order valence-corrected chi connectivity index (χ3v) is 6.20. The van der Waals surface area contributed by atoms with Crippen LogP contribution in [0, 0.1) is 0 Å². The van der Waals surface area contributed by atoms with Crippen LogP contribution in [0.2, 0.25) is 0 Å². The van der Waals surface area contributed by atoms with Crippen LogP contribution in [0.15, 0.2) is 29.3 Å². The second-order valence-corrected chi connectivity index (χ2v) is 8.16. The number of nitrogens with one attached hydrogen (secondary N) is 2. The summed E-state index contributed by atoms with van der Waals surface area (Å²) in [6, 6.07) is 8.95. The molecular formula is C23H38IN5O2. The highest BCUT2D eigenvalue weighted by Crippen LogP contribution is 2.26. The molecule has 1 amide bonds. The Morgan fingerprint density at radius 2 is 1.90 bits per heavy atom. The fourth-order valence-corrected chi connectivity index (χ4v) is 4.42. The number of hydrogen-bond acceptors (Lipinski definition) is 4. The average Bonchev–Trinajstić information content (AvgIpc) is 3.27. The zero-order valence-electron chi connectivity index (χ0n) is 19.1. The molecule has 0 bridgehead atoms. The number of halogens is 1. The van der Waals surface area contributed by atoms with Crippen molar-refractivity contribution in [3.63, 3.8) is 0 Å². The summed E-state index contributed by atoms with van der Waals surface area (Å²) >= 11 is 0. The second-order valence-electron chi connectivity index (χ2n) is 8.16. The maximum Gasteiger partial charge on any atom is 0.222 e. The molecule has 2 N–H and O–H groups in total. The molecule has 0 aliphatic carbocycles. The maximum absolute atomic E-state index is 11.9. The summed E-state index contributed by atoms with van der Waals surface area (Å²) in [5.74, 6) is 1.92. The summed E-state index contributed by atoms with van der Waals surface area (Å²) in [7, 11) is 3.51. The first-order chi connectivity index (χ1) is 14.6. The quantitative estimate of drug-likeness (QED) is 0.315. The number of nitrogens with zero attached hydrogens (tertiary/aromatic N) is 3. The molecule has 174 valence electrons. The predicted octanol–water partition coefficient (Wildman–Crippen LogP) is 3.02. The molecule has 0 radical (unpaired) electrons. The number of rotatable bonds is 7. The van der Waals surface area contributed by atoms with Gasteiger partial charge in [0.25, 0.3) is 0 Å². The van der Waals surface area contributed by atoms with Crippen LogP contribution < -0.4 is 15.4 Å². The van der Waals surface area contributed by atoms with Gasteiger partial charge in [0.15, 0.2) is 5.96 Å². The van der Waals surface area contributed by atoms with Crippen molar-refractivity contribution >= 4 is 35.8 Å². The molecule has 2 heterocycles. The van der Waals surface area contributed by atoms with Gasteiger partial charge in [-0.05, 0) is 50.0 Å². The molecule has 2 saturated heterocycles. The van der Waals surface area contributed by atoms with Gasteiger partial charge in [-0.15, -0.1) is 24.0 Å². The highest BCUT2D eigenvalue weighted by Gasteiger charge is 2.27. The van der Waals surface area contributed by atoms with Crippen LogP contribution in [0.5, 0.6) is 5.75 Å². The van der Waals surface area contributed by atoms with Gasteiger partial charge in [0.05, 0.1) is 13.2 Å². The summed E-state index contributed by atoms with van der Waals surface area (Å²) in [5, 5.41) is 7.05. The molecule has 8 heteroatoms. The van der Waals surface area contributed by atoms with Crippen molar-refractivity contribution in [3.05, 3.63) is 29.8 Å². The van der Waals surface area contributed by atoms with Gasteiger partial charge >= 0.3 is 0 Å². The lowest BCUT2D eigenvalue weighted by Crippen LogP contribution is -2.48. The SMILES string of the molecule is CCC(=O)N1CCC(NC(=NC)NCC(c2ccc(OC)cc2)N2CCCCC2)C1.I. The number of carbonyl (C=O) groups excluding carboxylic acids is 1. The first-order valence-electron chi connectivity index (χ1n) is 11.3. The zero-order valence-corrected chi connectivity index (χ0v) is 21.4. The number of methoxy groups -OCH3 is 1. The minimum Gasteiger partial charge on any atom is -0.497 e. The predicted molar refractivity (Wildman–Crippen MR) is 136 cm³/mol. The van der Waals surface area contributed by atoms with E-state index in [2.05, 4.69) is 32.7 Å². The third-order valence-electron chi connectivity index (χ3n) is 6.20. The van der Waals surface area contributed by atoms with E-state index in [0.29, 0.717) is 6.42 Å². The van der Waals surface area contributed by atoms with E-state index in [0.717, 1.165) is 50.9 Å². The Morgan fingerprint density at radius 1 is 1.19 bits per heavy atom. The Hall–Kier alpha value is -1.55. The average molecular weight is 543 g/mol. The molecule has 31 heavy (non-hydrogen) atoms. The van der Waals surface area contributed by atoms with Crippen molar-refractivity contribution in [2.75, 3.05) is 46.9 Å². The van der Waals surface area contributed by atoms with Crippen LogP contribution in [0.1, 0.15) is 50.6 Å². The van der Waals surface area contributed by atoms with E-state index >= 15 is 0 Å². The van der Waals surface area contributed by atoms with Crippen molar-refractivity contribution in [1.82, 2.24) is 20.4 Å². The van der Waals surface area contributed by atoms with Crippen LogP contribution in [0.4, 0.5) is 0 Å². The number of benzene rings is 1. The number of carbonyl (C=O) groups is 1. The number of ether oxygens (including phenoxy) is 1. The van der Waals surface area contributed by atoms with Crippen LogP contribution in [-0.2, 0) is 4.79 Å². The number of piperidine rings is 1. The van der Waals surface area contributed by atoms with E-state index in [1.165, 1.54) is 24.8 Å². The Kier molecular flexibility index (Phi) is 10.9. The molecular weight excluding hydrogens is 505 g/mol. The first-order valence-corrected chi connectivity index (χ1v) is 11.3. The van der Waals surface area contributed by atoms with Crippen LogP contribution >= 0.6 is 24.0 Å². The fraction of sp³-hybridized carbons (Fsp3) is 0.652. The standard InChI is InChI=1S/C23H37N5O2.HI/c1-4-22(29)28-15-12-19(17-28)26-23(24-2)25-16-21(27-13-6-5-7-14-27)18-8-10-20(30-3)11-9-18;/h8-11,19,21H,4-7,12-17H2,1-3H3,(H2,24,25,26);1H. The second kappa shape index (κ2) is 13.1. The van der Waals surface area contributed by atoms with Crippen LogP contribution in [0.25, 0.3) is 0 Å². The highest BCUT2D eigenvalue weighted by molar-refractivity contribution is 14.0. The van der Waals surface area contributed by atoms with Crippen molar-refractivity contribution in [2.24, 2.45) is 4.99 Å². The minimum absolute atomic E-state index is 0. The van der Waals surface area contributed by atoms with Crippen molar-refractivity contribution in [1.29, 1.82) is 0 Å². The van der Waals surface area contributed by atoms with Crippen molar-refractivity contribution < 1.29 is 9.53 Å². The van der Waals surface area contributed by atoms with E-state index in [9.17, 15) is 4.79 Å². The van der Waals surface area contributed by atoms with E-state index in [-0.39, 0.29) is 42.0 Å². The summed E-state index contributed by atoms with van der Waals surface area (Å²) in [4.78, 5) is 20.9. The van der Waals surface area contributed by atoms with Gasteiger partial charge in [-0.2, -0.15) is 0 Å². The zero-order chi connectivity index (χ0) is 21.3. The minimum atomic E-state index is 0. The summed E-state index contributed by atoms with van der Waals surface area (Å²) in [5.41, 5.74) is 1.29. The van der Waals surface area contributed by atoms with Crippen molar-refractivity contribution in [2.45, 2.75) is 51.1 Å². The maximum atomic E-state index is 11.9. The lowest BCUT2D eigenvalue weighted by molar-refractivity contribution is -0.129. The normalized spacial score (nSPS) is 20.7. The van der Waals surface area contributed by atoms with Crippen LogP contribution in [-0.4, -0.2) is 74.6 Å². The fourth-order valence-electron chi connectivity index (χ4n) is 4.42. The molecule has 1 aromatic carbocycles. The molecule has 1 aromatic rings. The molecule has 2 unspecified atom stereocenters. The topological polar surface area (TPSA) is 69.2 Å². The molecule has 2 atom stereocenters. The number of guanidine groups is 1. The van der Waals surface area contributed by atoms with Gasteiger partial charge in [-0.1, -0.05) is 25.5 Å². The molecule has 0 spiro atoms. The van der Waals surface area contributed by atoms with Gasteiger partial charge in [0.2, 0.25) is 5.91 Å². The molecule has 2 aliphatic heterocycles. The molecule has 7 nitrogen and oxygen atoms in total. The Balaban J connectivity index is 0.00000341. The van der Waals surface area contributed by atoms with E-state index in [1.807, 2.05) is 31.0 Å². The third kappa shape index (κ3) is 7.24. The summed E-state index contributed by atoms with van der Waals surface area (Å²) < 4.78 is 5.33. The van der Waals surface area contributed by atoms with E-state index < -0.39 is 0 Å². The Labute approximate surface area is 204 Å². The highest BCUT2D eigenvalue weighted by atomic mass is 127. The van der Waals surface area contributed by atoms with Gasteiger partial charge < -0.3 is 20.3 Å². The lowest BCUT2D eigenvalue weighted by atomic mass is 10.0. The molecule has 0 saturated carbocycles. The van der Waals surface area contributed by atoms with Crippen LogP contribution in [0.3, 0.4) is 0 Å². The number of amides is 1. The summed E-state index contributed by atoms with van der Waals surface area (Å²) in [6.07, 6.45) is 5.35. The Bertz CT molecular complexity index is 706. The van der Waals surface area contributed by atoms with Crippen molar-refractivity contribution in [3.8, 4) is 5.75 Å². The summed E-state index contributed by atoms with van der Waals surface area (Å²) in [6.45, 7) is 6.53. The molecule has 2 fully saturated rings. The molecule has 2 aliphatic rings. The number of aliphatic imine (C=N–C) groups is 1. The smallest absolute Gasteiger partial charge is 0.222 e. The molecule has 0 aromatic heterocycles. The molecule has 3 rings (SSSR count). The van der Waals surface area contributed by atoms with E-state index in [1.54, 1.807) is 7.11 Å².